The van der Waals surface area contributed by atoms with Gasteiger partial charge in [-0.1, -0.05) is 74.0 Å². The van der Waals surface area contributed by atoms with E-state index in [0.717, 1.165) is 6.42 Å². The van der Waals surface area contributed by atoms with Gasteiger partial charge < -0.3 is 0 Å². The highest BCUT2D eigenvalue weighted by molar-refractivity contribution is 9.10. The van der Waals surface area contributed by atoms with Crippen LogP contribution in [0.25, 0.3) is 11.6 Å². The van der Waals surface area contributed by atoms with E-state index < -0.39 is 0 Å². The molecular weight excluding hydrogens is 368 g/mol. The number of hydrogen-bond donors (Lipinski definition) is 0. The molecule has 3 aliphatic carbocycles. The molecule has 0 saturated carbocycles. The lowest BCUT2D eigenvalue weighted by Gasteiger charge is -2.40. The first-order chi connectivity index (χ1) is 11.8. The molecule has 0 unspecified atom stereocenters. The van der Waals surface area contributed by atoms with Gasteiger partial charge in [0.05, 0.1) is 0 Å². The lowest BCUT2D eigenvalue weighted by molar-refractivity contribution is 0.292. The second kappa shape index (κ2) is 4.76. The highest BCUT2D eigenvalue weighted by Gasteiger charge is 2.40. The lowest BCUT2D eigenvalue weighted by Crippen LogP contribution is -2.30. The van der Waals surface area contributed by atoms with Crippen LogP contribution in [-0.4, -0.2) is 0 Å². The minimum Gasteiger partial charge on any atom is -0.0750 e. The van der Waals surface area contributed by atoms with Gasteiger partial charge >= 0.3 is 0 Å². The van der Waals surface area contributed by atoms with E-state index in [1.165, 1.54) is 42.9 Å². The summed E-state index contributed by atoms with van der Waals surface area (Å²) in [6.07, 6.45) is 7.23. The van der Waals surface area contributed by atoms with Crippen LogP contribution in [-0.2, 0) is 6.42 Å². The molecule has 0 saturated heterocycles. The molecule has 0 bridgehead atoms. The van der Waals surface area contributed by atoms with E-state index in [1.807, 2.05) is 0 Å². The topological polar surface area (TPSA) is 0 Å². The zero-order valence-corrected chi connectivity index (χ0v) is 16.9. The van der Waals surface area contributed by atoms with E-state index in [0.29, 0.717) is 0 Å². The quantitative estimate of drug-likeness (QED) is 0.508. The fourth-order valence-electron chi connectivity index (χ4n) is 5.68. The van der Waals surface area contributed by atoms with Crippen molar-refractivity contribution in [2.75, 3.05) is 0 Å². The Labute approximate surface area is 157 Å². The van der Waals surface area contributed by atoms with Gasteiger partial charge in [0.15, 0.2) is 0 Å². The predicted octanol–water partition coefficient (Wildman–Crippen LogP) is 4.97. The lowest BCUT2D eigenvalue weighted by atomic mass is 9.64. The molecule has 0 aliphatic heterocycles. The standard InChI is InChI=1S/C24H23Br/c1-23(2)12-14-10-18-17(22(14)24(3,4)13-23)9-8-16-15-6-5-7-21(25)20(15)11-19(16)18/h5-9,11-12H,10,13H2,1-4H3. The van der Waals surface area contributed by atoms with Crippen molar-refractivity contribution in [2.45, 2.75) is 40.5 Å². The van der Waals surface area contributed by atoms with Crippen LogP contribution in [0.4, 0.5) is 0 Å². The van der Waals surface area contributed by atoms with Crippen molar-refractivity contribution < 1.29 is 0 Å². The molecule has 2 aromatic carbocycles. The van der Waals surface area contributed by atoms with E-state index in [1.54, 1.807) is 11.1 Å². The normalized spacial score (nSPS) is 21.0. The molecule has 0 spiro atoms. The van der Waals surface area contributed by atoms with Gasteiger partial charge in [-0.15, -0.1) is 0 Å². The van der Waals surface area contributed by atoms with Crippen molar-refractivity contribution in [3.63, 3.8) is 0 Å². The van der Waals surface area contributed by atoms with E-state index in [9.17, 15) is 0 Å². The third kappa shape index (κ3) is 2.11. The van der Waals surface area contributed by atoms with Gasteiger partial charge in [-0.25, -0.2) is 0 Å². The maximum atomic E-state index is 3.73. The SMILES string of the molecule is CC1(C)C=C2Cc3c4c(ccc3=C2C(C)(C)C1)=c1cccc(Br)c1=C4. The van der Waals surface area contributed by atoms with Crippen LogP contribution in [0.1, 0.15) is 45.2 Å². The highest BCUT2D eigenvalue weighted by Crippen LogP contribution is 2.51. The van der Waals surface area contributed by atoms with Crippen LogP contribution < -0.4 is 10.4 Å². The molecule has 0 fully saturated rings. The number of hydrogen-bond acceptors (Lipinski definition) is 0. The van der Waals surface area contributed by atoms with Crippen LogP contribution in [0, 0.1) is 21.3 Å². The Morgan fingerprint density at radius 3 is 2.48 bits per heavy atom. The Hall–Kier alpha value is -1.60. The van der Waals surface area contributed by atoms with Gasteiger partial charge in [-0.05, 0) is 79.0 Å². The Bertz CT molecular complexity index is 1190. The molecule has 25 heavy (non-hydrogen) atoms. The molecule has 2 aromatic rings. The number of rotatable bonds is 0. The predicted molar refractivity (Wildman–Crippen MR) is 108 cm³/mol. The Kier molecular flexibility index (Phi) is 2.98. The molecule has 0 atom stereocenters. The van der Waals surface area contributed by atoms with Gasteiger partial charge in [0.2, 0.25) is 0 Å². The average molecular weight is 391 g/mol. The fraction of sp³-hybridized carbons (Fsp3) is 0.333. The Morgan fingerprint density at radius 1 is 0.920 bits per heavy atom. The van der Waals surface area contributed by atoms with Crippen molar-refractivity contribution in [2.24, 2.45) is 10.8 Å². The average Bonchev–Trinajstić information content (AvgIpc) is 3.03. The zero-order chi connectivity index (χ0) is 17.6. The molecule has 0 radical (unpaired) electrons. The summed E-state index contributed by atoms with van der Waals surface area (Å²) < 4.78 is 1.19. The Morgan fingerprint density at radius 2 is 1.68 bits per heavy atom. The van der Waals surface area contributed by atoms with E-state index >= 15 is 0 Å². The van der Waals surface area contributed by atoms with Crippen LogP contribution in [0.2, 0.25) is 0 Å². The minimum absolute atomic E-state index is 0.235. The summed E-state index contributed by atoms with van der Waals surface area (Å²) >= 11 is 3.73. The molecule has 3 aliphatic rings. The van der Waals surface area contributed by atoms with E-state index in [4.69, 9.17) is 0 Å². The largest absolute Gasteiger partial charge is 0.0750 e. The second-order valence-electron chi connectivity index (χ2n) is 9.17. The third-order valence-corrected chi connectivity index (χ3v) is 6.78. The number of fused-ring (bicyclic) bond motifs is 5. The summed E-state index contributed by atoms with van der Waals surface area (Å²) in [5, 5.41) is 5.58. The fourth-order valence-corrected chi connectivity index (χ4v) is 6.16. The number of allylic oxidation sites excluding steroid dienone is 2. The number of benzene rings is 2. The van der Waals surface area contributed by atoms with Gasteiger partial charge in [0.1, 0.15) is 0 Å². The summed E-state index contributed by atoms with van der Waals surface area (Å²) in [7, 11) is 0. The van der Waals surface area contributed by atoms with Crippen LogP contribution in [0.5, 0.6) is 0 Å². The molecule has 1 heteroatoms. The van der Waals surface area contributed by atoms with Gasteiger partial charge in [0, 0.05) is 4.47 Å². The van der Waals surface area contributed by atoms with E-state index in [2.05, 4.69) is 86.1 Å². The highest BCUT2D eigenvalue weighted by atomic mass is 79.9. The van der Waals surface area contributed by atoms with E-state index in [-0.39, 0.29) is 10.8 Å². The summed E-state index contributed by atoms with van der Waals surface area (Å²) in [6.45, 7) is 9.61. The van der Waals surface area contributed by atoms with Crippen molar-refractivity contribution >= 4 is 27.6 Å². The summed E-state index contributed by atoms with van der Waals surface area (Å²) in [5.74, 6) is 0. The molecule has 0 nitrogen and oxygen atoms in total. The first kappa shape index (κ1) is 15.6. The zero-order valence-electron chi connectivity index (χ0n) is 15.3. The maximum absolute atomic E-state index is 3.73. The maximum Gasteiger partial charge on any atom is 0.0254 e. The summed E-state index contributed by atoms with van der Waals surface area (Å²) in [6, 6.07) is 11.3. The molecular formula is C24H23Br. The monoisotopic (exact) mass is 390 g/mol. The Balaban J connectivity index is 1.90. The van der Waals surface area contributed by atoms with Gasteiger partial charge in [0.25, 0.3) is 0 Å². The van der Waals surface area contributed by atoms with Crippen LogP contribution in [0.3, 0.4) is 0 Å². The molecule has 126 valence electrons. The minimum atomic E-state index is 0.235. The summed E-state index contributed by atoms with van der Waals surface area (Å²) in [4.78, 5) is 0. The van der Waals surface area contributed by atoms with Gasteiger partial charge in [-0.3, -0.25) is 0 Å². The second-order valence-corrected chi connectivity index (χ2v) is 10.0. The number of halogens is 1. The van der Waals surface area contributed by atoms with Crippen molar-refractivity contribution in [3.05, 3.63) is 78.5 Å². The van der Waals surface area contributed by atoms with Crippen molar-refractivity contribution in [3.8, 4) is 0 Å². The first-order valence-electron chi connectivity index (χ1n) is 9.16. The smallest absolute Gasteiger partial charge is 0.0254 e. The third-order valence-electron chi connectivity index (χ3n) is 6.09. The molecule has 5 rings (SSSR count). The molecule has 0 heterocycles. The molecule has 0 amide bonds. The summed E-state index contributed by atoms with van der Waals surface area (Å²) in [5.41, 5.74) is 6.65. The van der Waals surface area contributed by atoms with Crippen LogP contribution in [0.15, 0.2) is 46.5 Å². The molecule has 0 N–H and O–H groups in total. The molecule has 0 aromatic heterocycles. The van der Waals surface area contributed by atoms with Crippen molar-refractivity contribution in [1.82, 2.24) is 0 Å². The van der Waals surface area contributed by atoms with Crippen molar-refractivity contribution in [1.29, 1.82) is 0 Å². The first-order valence-corrected chi connectivity index (χ1v) is 9.96. The van der Waals surface area contributed by atoms with Gasteiger partial charge in [-0.2, -0.15) is 0 Å². The van der Waals surface area contributed by atoms with Crippen LogP contribution >= 0.6 is 15.9 Å².